The van der Waals surface area contributed by atoms with Gasteiger partial charge in [0.05, 0.1) is 112 Å². The third kappa shape index (κ3) is 60.4. The molecule has 0 aromatic heterocycles. The molecule has 4 N–H and O–H groups in total. The van der Waals surface area contributed by atoms with Gasteiger partial charge in [-0.3, -0.25) is 45.7 Å². The summed E-state index contributed by atoms with van der Waals surface area (Å²) in [5, 5.41) is 9.01. The lowest BCUT2D eigenvalue weighted by Gasteiger charge is -2.27. The predicted molar refractivity (Wildman–Crippen MR) is 257 cm³/mol. The molecule has 14 unspecified atom stereocenters. The highest BCUT2D eigenvalue weighted by atomic mass is 31.2. The molecule has 83 heavy (non-hydrogen) atoms. The van der Waals surface area contributed by atoms with Gasteiger partial charge in [0.15, 0.2) is 0 Å². The zero-order valence-corrected chi connectivity index (χ0v) is 54.2. The quantitative estimate of drug-likeness (QED) is 0.0379. The van der Waals surface area contributed by atoms with Crippen molar-refractivity contribution in [2.24, 2.45) is 23.7 Å². The first kappa shape index (κ1) is 88.3. The Hall–Kier alpha value is 1.06. The summed E-state index contributed by atoms with van der Waals surface area (Å²) in [5.74, 6) is -1.11. The van der Waals surface area contributed by atoms with Crippen LogP contribution in [0.1, 0.15) is 67.2 Å². The number of rotatable bonds is 50. The van der Waals surface area contributed by atoms with Crippen LogP contribution >= 0.6 is 78.2 Å². The zero-order chi connectivity index (χ0) is 64.9. The van der Waals surface area contributed by atoms with Crippen molar-refractivity contribution in [1.29, 1.82) is 0 Å². The number of hydrogen-bond acceptors (Lipinski definition) is 38. The molecule has 0 aliphatic carbocycles. The summed E-state index contributed by atoms with van der Waals surface area (Å²) >= 11 is 0. The molecule has 0 bridgehead atoms. The lowest BCUT2D eigenvalue weighted by molar-refractivity contribution is -0.238. The fourth-order valence-electron chi connectivity index (χ4n) is 3.91. The molecule has 41 nitrogen and oxygen atoms in total. The summed E-state index contributed by atoms with van der Waals surface area (Å²) in [6, 6.07) is 0. The van der Waals surface area contributed by atoms with Gasteiger partial charge in [0, 0.05) is 18.4 Å². The van der Waals surface area contributed by atoms with Crippen LogP contribution in [0.2, 0.25) is 0 Å². The van der Waals surface area contributed by atoms with Crippen LogP contribution < -0.4 is 48.9 Å². The second-order valence-electron chi connectivity index (χ2n) is 15.8. The first-order valence-electron chi connectivity index (χ1n) is 23.6. The molecule has 0 aromatic rings. The molecule has 51 heteroatoms. The van der Waals surface area contributed by atoms with E-state index in [9.17, 15) is 94.6 Å². The van der Waals surface area contributed by atoms with Gasteiger partial charge in [-0.05, 0) is 24.7 Å². The molecule has 0 heterocycles. The fourth-order valence-corrected chi connectivity index (χ4v) is 10.1. The molecule has 0 rings (SSSR count). The van der Waals surface area contributed by atoms with E-state index in [1.54, 1.807) is 13.8 Å². The second kappa shape index (κ2) is 44.5. The SMILES string of the molecule is CCC(C)COP(=O)([O-])OCCOP(=O)([O-])O.CCC(C)COP(=O)([O-])OCCOP(=O)([O-])O.CCC(CO)COP(=O)([O-])OCCOP(=O)([O-])OCCOP(=O)([O-])OCCOP(=O)([O-])OCCOP(=O)([O-])OCC(CC)COP(=O)([O-])O. The summed E-state index contributed by atoms with van der Waals surface area (Å²) in [6.45, 7) is -0.657. The molecular weight excluding hydrogens is 1350 g/mol. The highest BCUT2D eigenvalue weighted by Crippen LogP contribution is 2.45. The smallest absolute Gasteiger partial charge is 0.268 e. The summed E-state index contributed by atoms with van der Waals surface area (Å²) in [6.07, 6.45) is 2.12. The zero-order valence-electron chi connectivity index (χ0n) is 45.2. The van der Waals surface area contributed by atoms with Crippen molar-refractivity contribution in [3.8, 4) is 0 Å². The Morgan fingerprint density at radius 3 is 0.651 bits per heavy atom. The molecule has 14 atom stereocenters. The van der Waals surface area contributed by atoms with Crippen molar-refractivity contribution in [2.75, 3.05) is 119 Å². The van der Waals surface area contributed by atoms with Gasteiger partial charge in [0.2, 0.25) is 0 Å². The normalized spacial score (nSPS) is 20.8. The second-order valence-corrected chi connectivity index (χ2v) is 29.2. The van der Waals surface area contributed by atoms with E-state index in [2.05, 4.69) is 76.9 Å². The highest BCUT2D eigenvalue weighted by molar-refractivity contribution is 7.48. The van der Waals surface area contributed by atoms with Crippen LogP contribution in [-0.2, 0) is 123 Å². The Labute approximate surface area is 478 Å². The van der Waals surface area contributed by atoms with E-state index in [0.717, 1.165) is 12.8 Å². The molecule has 0 amide bonds. The molecule has 0 saturated heterocycles. The van der Waals surface area contributed by atoms with Crippen molar-refractivity contribution in [1.82, 2.24) is 0 Å². The van der Waals surface area contributed by atoms with Crippen molar-refractivity contribution in [3.63, 3.8) is 0 Å². The molecular formula is C32H70O41P10-10. The Kier molecular flexibility index (Phi) is 47.4. The standard InChI is InChI=1S/C18H44O25P6.2C7H18O8P2/c1-3-17(13-19)14-42-48(29,30)39-11-9-37-46(25,26)35-7-5-33-45(23,24)34-6-8-36-47(27,28)38-10-12-40-49(31,32)43-16-18(4-2)15-41-44(20,21)22;2*1-3-7(2)6-15-17(11,12)14-5-4-13-16(8,9)10/h17-19H,3-16H2,1-2H3,(H,23,24)(H,25,26)(H,27,28)(H,29,30)(H,31,32)(H2,20,21,22);2*7H,3-6H2,1-2H3,(H,11,12)(H2,8,9,10)/p-10. The van der Waals surface area contributed by atoms with Gasteiger partial charge in [-0.1, -0.05) is 54.4 Å². The van der Waals surface area contributed by atoms with E-state index >= 15 is 0 Å². The Morgan fingerprint density at radius 2 is 0.458 bits per heavy atom. The van der Waals surface area contributed by atoms with Gasteiger partial charge in [-0.15, -0.1) is 0 Å². The summed E-state index contributed by atoms with van der Waals surface area (Å²) in [7, 11) is -48.8. The third-order valence-electron chi connectivity index (χ3n) is 8.75. The van der Waals surface area contributed by atoms with Crippen LogP contribution in [0.25, 0.3) is 0 Å². The topological polar surface area (TPSA) is 639 Å². The Morgan fingerprint density at radius 1 is 0.277 bits per heavy atom. The average Bonchev–Trinajstić information content (AvgIpc) is 3.36. The number of hydrogen-bond donors (Lipinski definition) is 4. The first-order chi connectivity index (χ1) is 37.8. The minimum atomic E-state index is -5.13. The van der Waals surface area contributed by atoms with Crippen molar-refractivity contribution in [3.05, 3.63) is 0 Å². The highest BCUT2D eigenvalue weighted by Gasteiger charge is 2.20. The molecule has 0 fully saturated rings. The van der Waals surface area contributed by atoms with E-state index < -0.39 is 183 Å². The Balaban J connectivity index is -0.00000152. The predicted octanol–water partition coefficient (Wildman–Crippen LogP) is -1.96. The van der Waals surface area contributed by atoms with Crippen molar-refractivity contribution < 1.29 is 191 Å². The molecule has 0 radical (unpaired) electrons. The van der Waals surface area contributed by atoms with E-state index in [1.807, 2.05) is 27.7 Å². The van der Waals surface area contributed by atoms with Crippen molar-refractivity contribution in [2.45, 2.75) is 67.2 Å². The lowest BCUT2D eigenvalue weighted by Crippen LogP contribution is -2.20. The lowest BCUT2D eigenvalue weighted by atomic mass is 10.1. The van der Waals surface area contributed by atoms with Crippen LogP contribution in [0.5, 0.6) is 0 Å². The molecule has 0 saturated carbocycles. The van der Waals surface area contributed by atoms with E-state index in [-0.39, 0.29) is 44.7 Å². The van der Waals surface area contributed by atoms with Gasteiger partial charge in [-0.25, -0.2) is 0 Å². The molecule has 0 spiro atoms. The average molecular weight is 1420 g/mol. The third-order valence-corrected chi connectivity index (χ3v) is 17.1. The van der Waals surface area contributed by atoms with E-state index in [0.29, 0.717) is 6.42 Å². The minimum Gasteiger partial charge on any atom is -0.756 e. The van der Waals surface area contributed by atoms with Crippen LogP contribution in [0.15, 0.2) is 0 Å². The maximum absolute atomic E-state index is 11.7. The Bertz CT molecular complexity index is 2160. The van der Waals surface area contributed by atoms with Crippen LogP contribution in [0.4, 0.5) is 0 Å². The van der Waals surface area contributed by atoms with E-state index in [1.165, 1.54) is 0 Å². The summed E-state index contributed by atoms with van der Waals surface area (Å²) in [4.78, 5) is 136. The van der Waals surface area contributed by atoms with Crippen molar-refractivity contribution >= 4 is 78.2 Å². The molecule has 504 valence electrons. The first-order valence-corrected chi connectivity index (χ1v) is 38.4. The van der Waals surface area contributed by atoms with Gasteiger partial charge in [-0.2, -0.15) is 0 Å². The van der Waals surface area contributed by atoms with Gasteiger partial charge < -0.3 is 146 Å². The van der Waals surface area contributed by atoms with Crippen LogP contribution in [-0.4, -0.2) is 139 Å². The maximum atomic E-state index is 11.7. The number of phosphoric ester groups is 10. The maximum Gasteiger partial charge on any atom is 0.268 e. The summed E-state index contributed by atoms with van der Waals surface area (Å²) in [5.41, 5.74) is 0. The van der Waals surface area contributed by atoms with Gasteiger partial charge in [0.1, 0.15) is 0 Å². The molecule has 0 aromatic carbocycles. The molecule has 0 aliphatic rings. The molecule has 0 aliphatic heterocycles. The van der Waals surface area contributed by atoms with Gasteiger partial charge in [0.25, 0.3) is 78.2 Å². The number of phosphoric acid groups is 10. The minimum absolute atomic E-state index is 0.00180. The van der Waals surface area contributed by atoms with Crippen LogP contribution in [0.3, 0.4) is 0 Å². The van der Waals surface area contributed by atoms with Gasteiger partial charge >= 0.3 is 0 Å². The largest absolute Gasteiger partial charge is 0.756 e. The fraction of sp³-hybridized carbons (Fsp3) is 1.00. The monoisotopic (exact) mass is 1420 g/mol. The van der Waals surface area contributed by atoms with Crippen LogP contribution in [0, 0.1) is 23.7 Å². The number of aliphatic hydroxyl groups is 1. The van der Waals surface area contributed by atoms with E-state index in [4.69, 9.17) is 19.8 Å². The number of aliphatic hydroxyl groups excluding tert-OH is 1. The summed E-state index contributed by atoms with van der Waals surface area (Å²) < 4.78 is 185.